The molecule has 2 N–H and O–H groups in total. The van der Waals surface area contributed by atoms with Crippen molar-refractivity contribution in [2.24, 2.45) is 5.73 Å². The molecule has 1 fully saturated rings. The molecule has 1 heterocycles. The lowest BCUT2D eigenvalue weighted by atomic mass is 10.1. The van der Waals surface area contributed by atoms with E-state index in [0.717, 1.165) is 10.9 Å². The Balaban J connectivity index is 2.23. The molecule has 1 aliphatic rings. The standard InChI is InChI=1S/C8H12N2OS/c1-11-7-10-6(4-12-7)8(5-9)2-3-8/h4H,2-3,5,9H2,1H3. The lowest BCUT2D eigenvalue weighted by Crippen LogP contribution is -2.19. The molecule has 0 radical (unpaired) electrons. The SMILES string of the molecule is COc1nc(C2(CN)CC2)cs1. The zero-order valence-corrected chi connectivity index (χ0v) is 7.86. The molecule has 0 bridgehead atoms. The number of hydrogen-bond donors (Lipinski definition) is 1. The molecule has 0 saturated heterocycles. The summed E-state index contributed by atoms with van der Waals surface area (Å²) >= 11 is 1.54. The van der Waals surface area contributed by atoms with Gasteiger partial charge in [-0.3, -0.25) is 0 Å². The lowest BCUT2D eigenvalue weighted by Gasteiger charge is -2.06. The van der Waals surface area contributed by atoms with Gasteiger partial charge in [0.15, 0.2) is 0 Å². The number of nitrogens with zero attached hydrogens (tertiary/aromatic N) is 1. The summed E-state index contributed by atoms with van der Waals surface area (Å²) in [7, 11) is 1.64. The number of aromatic nitrogens is 1. The van der Waals surface area contributed by atoms with E-state index in [1.165, 1.54) is 12.8 Å². The van der Waals surface area contributed by atoms with Crippen molar-refractivity contribution in [2.45, 2.75) is 18.3 Å². The van der Waals surface area contributed by atoms with E-state index in [1.54, 1.807) is 18.4 Å². The van der Waals surface area contributed by atoms with Crippen molar-refractivity contribution in [3.8, 4) is 5.19 Å². The molecule has 0 spiro atoms. The van der Waals surface area contributed by atoms with Crippen molar-refractivity contribution in [3.63, 3.8) is 0 Å². The fourth-order valence-corrected chi connectivity index (χ4v) is 2.07. The Labute approximate surface area is 75.6 Å². The van der Waals surface area contributed by atoms with Crippen LogP contribution in [0.4, 0.5) is 0 Å². The van der Waals surface area contributed by atoms with E-state index in [4.69, 9.17) is 10.5 Å². The largest absolute Gasteiger partial charge is 0.473 e. The Hall–Kier alpha value is -0.610. The van der Waals surface area contributed by atoms with Gasteiger partial charge in [0.2, 0.25) is 0 Å². The molecule has 3 nitrogen and oxygen atoms in total. The highest BCUT2D eigenvalue weighted by Gasteiger charge is 2.44. The van der Waals surface area contributed by atoms with Gasteiger partial charge in [-0.2, -0.15) is 0 Å². The van der Waals surface area contributed by atoms with E-state index in [2.05, 4.69) is 10.4 Å². The van der Waals surface area contributed by atoms with Crippen LogP contribution in [0, 0.1) is 0 Å². The lowest BCUT2D eigenvalue weighted by molar-refractivity contribution is 0.409. The van der Waals surface area contributed by atoms with Gasteiger partial charge in [0.25, 0.3) is 5.19 Å². The summed E-state index contributed by atoms with van der Waals surface area (Å²) in [6, 6.07) is 0. The fraction of sp³-hybridized carbons (Fsp3) is 0.625. The van der Waals surface area contributed by atoms with Crippen molar-refractivity contribution in [3.05, 3.63) is 11.1 Å². The van der Waals surface area contributed by atoms with Crippen molar-refractivity contribution in [1.29, 1.82) is 0 Å². The molecular weight excluding hydrogens is 172 g/mol. The Kier molecular flexibility index (Phi) is 1.81. The summed E-state index contributed by atoms with van der Waals surface area (Å²) in [5.74, 6) is 0. The average molecular weight is 184 g/mol. The minimum atomic E-state index is 0.202. The Morgan fingerprint density at radius 3 is 2.92 bits per heavy atom. The molecule has 66 valence electrons. The van der Waals surface area contributed by atoms with Crippen LogP contribution in [0.15, 0.2) is 5.38 Å². The third-order valence-corrected chi connectivity index (χ3v) is 3.25. The van der Waals surface area contributed by atoms with E-state index < -0.39 is 0 Å². The van der Waals surface area contributed by atoms with Crippen LogP contribution in [0.25, 0.3) is 0 Å². The van der Waals surface area contributed by atoms with E-state index >= 15 is 0 Å². The van der Waals surface area contributed by atoms with Gasteiger partial charge < -0.3 is 10.5 Å². The van der Waals surface area contributed by atoms with Gasteiger partial charge in [-0.05, 0) is 12.8 Å². The van der Waals surface area contributed by atoms with Crippen molar-refractivity contribution >= 4 is 11.3 Å². The van der Waals surface area contributed by atoms with Crippen LogP contribution < -0.4 is 10.5 Å². The predicted molar refractivity (Wildman–Crippen MR) is 48.6 cm³/mol. The summed E-state index contributed by atoms with van der Waals surface area (Å²) in [5, 5.41) is 2.79. The molecule has 1 aliphatic carbocycles. The summed E-state index contributed by atoms with van der Waals surface area (Å²) in [6.45, 7) is 0.708. The number of hydrogen-bond acceptors (Lipinski definition) is 4. The minimum absolute atomic E-state index is 0.202. The first kappa shape index (κ1) is 8.01. The second-order valence-electron chi connectivity index (χ2n) is 3.19. The highest BCUT2D eigenvalue weighted by atomic mass is 32.1. The second-order valence-corrected chi connectivity index (χ2v) is 4.01. The first-order chi connectivity index (χ1) is 5.80. The normalized spacial score (nSPS) is 19.2. The first-order valence-electron chi connectivity index (χ1n) is 4.01. The van der Waals surface area contributed by atoms with Gasteiger partial charge in [-0.15, -0.1) is 0 Å². The van der Waals surface area contributed by atoms with Gasteiger partial charge >= 0.3 is 0 Å². The van der Waals surface area contributed by atoms with E-state index in [1.807, 2.05) is 0 Å². The zero-order valence-electron chi connectivity index (χ0n) is 7.04. The van der Waals surface area contributed by atoms with Crippen LogP contribution in [0.5, 0.6) is 5.19 Å². The maximum Gasteiger partial charge on any atom is 0.273 e. The topological polar surface area (TPSA) is 48.1 Å². The third kappa shape index (κ3) is 1.11. The van der Waals surface area contributed by atoms with Crippen molar-refractivity contribution in [1.82, 2.24) is 4.98 Å². The quantitative estimate of drug-likeness (QED) is 0.766. The number of rotatable bonds is 3. The molecule has 0 unspecified atom stereocenters. The molecule has 1 saturated carbocycles. The van der Waals surface area contributed by atoms with E-state index in [-0.39, 0.29) is 5.41 Å². The van der Waals surface area contributed by atoms with Gasteiger partial charge in [0, 0.05) is 17.3 Å². The number of ether oxygens (including phenoxy) is 1. The number of methoxy groups -OCH3 is 1. The molecule has 0 aliphatic heterocycles. The molecule has 4 heteroatoms. The van der Waals surface area contributed by atoms with Crippen LogP contribution in [0.1, 0.15) is 18.5 Å². The zero-order chi connectivity index (χ0) is 8.60. The summed E-state index contributed by atoms with van der Waals surface area (Å²) in [5.41, 5.74) is 6.99. The maximum absolute atomic E-state index is 5.68. The highest BCUT2D eigenvalue weighted by Crippen LogP contribution is 2.47. The third-order valence-electron chi connectivity index (χ3n) is 2.45. The van der Waals surface area contributed by atoms with Crippen molar-refractivity contribution in [2.75, 3.05) is 13.7 Å². The second kappa shape index (κ2) is 2.71. The van der Waals surface area contributed by atoms with Crippen LogP contribution in [-0.2, 0) is 5.41 Å². The molecule has 1 aromatic heterocycles. The molecule has 1 aromatic rings. The predicted octanol–water partition coefficient (Wildman–Crippen LogP) is 1.14. The van der Waals surface area contributed by atoms with Gasteiger partial charge in [0.1, 0.15) is 0 Å². The summed E-state index contributed by atoms with van der Waals surface area (Å²) in [6.07, 6.45) is 2.35. The molecule has 12 heavy (non-hydrogen) atoms. The molecule has 0 amide bonds. The van der Waals surface area contributed by atoms with Crippen LogP contribution >= 0.6 is 11.3 Å². The van der Waals surface area contributed by atoms with Crippen LogP contribution in [0.2, 0.25) is 0 Å². The minimum Gasteiger partial charge on any atom is -0.473 e. The van der Waals surface area contributed by atoms with Crippen molar-refractivity contribution < 1.29 is 4.74 Å². The Bertz CT molecular complexity index is 280. The average Bonchev–Trinajstić information content (AvgIpc) is 2.77. The molecule has 2 rings (SSSR count). The van der Waals surface area contributed by atoms with Crippen LogP contribution in [-0.4, -0.2) is 18.6 Å². The molecular formula is C8H12N2OS. The first-order valence-corrected chi connectivity index (χ1v) is 4.89. The van der Waals surface area contributed by atoms with Gasteiger partial charge in [-0.1, -0.05) is 11.3 Å². The van der Waals surface area contributed by atoms with E-state index in [0.29, 0.717) is 6.54 Å². The van der Waals surface area contributed by atoms with Gasteiger partial charge in [-0.25, -0.2) is 4.98 Å². The number of thiazole rings is 1. The molecule has 0 aromatic carbocycles. The van der Waals surface area contributed by atoms with Crippen LogP contribution in [0.3, 0.4) is 0 Å². The smallest absolute Gasteiger partial charge is 0.273 e. The van der Waals surface area contributed by atoms with E-state index in [9.17, 15) is 0 Å². The summed E-state index contributed by atoms with van der Waals surface area (Å²) < 4.78 is 5.03. The molecule has 0 atom stereocenters. The maximum atomic E-state index is 5.68. The Morgan fingerprint density at radius 1 is 1.75 bits per heavy atom. The summed E-state index contributed by atoms with van der Waals surface area (Å²) in [4.78, 5) is 4.35. The number of nitrogens with two attached hydrogens (primary N) is 1. The Morgan fingerprint density at radius 2 is 2.50 bits per heavy atom. The fourth-order valence-electron chi connectivity index (χ4n) is 1.31. The van der Waals surface area contributed by atoms with Gasteiger partial charge in [0.05, 0.1) is 12.8 Å². The highest BCUT2D eigenvalue weighted by molar-refractivity contribution is 7.11. The monoisotopic (exact) mass is 184 g/mol.